The molecule has 1 heterocycles. The minimum Gasteiger partial charge on any atom is -0.494 e. The zero-order valence-corrected chi connectivity index (χ0v) is 13.6. The molecule has 1 aromatic carbocycles. The molecule has 0 unspecified atom stereocenters. The van der Waals surface area contributed by atoms with Crippen LogP contribution in [0.4, 0.5) is 5.13 Å². The highest BCUT2D eigenvalue weighted by Crippen LogP contribution is 2.15. The molecule has 0 aliphatic rings. The van der Waals surface area contributed by atoms with E-state index in [2.05, 4.69) is 31.4 Å². The quantitative estimate of drug-likeness (QED) is 0.353. The van der Waals surface area contributed by atoms with E-state index in [1.807, 2.05) is 36.6 Å². The van der Waals surface area contributed by atoms with E-state index in [1.165, 1.54) is 11.3 Å². The van der Waals surface area contributed by atoms with Crippen LogP contribution in [-0.4, -0.2) is 23.1 Å². The number of rotatable bonds is 7. The second kappa shape index (κ2) is 8.01. The Morgan fingerprint density at radius 3 is 3.15 bits per heavy atom. The Kier molecular flexibility index (Phi) is 6.01. The number of benzene rings is 1. The molecular weight excluding hydrogens is 338 g/mol. The van der Waals surface area contributed by atoms with E-state index in [0.717, 1.165) is 33.9 Å². The summed E-state index contributed by atoms with van der Waals surface area (Å²) in [6.07, 6.45) is 2.75. The van der Waals surface area contributed by atoms with Crippen LogP contribution in [0.25, 0.3) is 0 Å². The third kappa shape index (κ3) is 4.94. The van der Waals surface area contributed by atoms with Crippen molar-refractivity contribution in [3.63, 3.8) is 0 Å². The molecule has 0 amide bonds. The lowest BCUT2D eigenvalue weighted by Gasteiger charge is -2.05. The summed E-state index contributed by atoms with van der Waals surface area (Å²) < 4.78 is 5.63. The Bertz CT molecular complexity index is 571. The van der Waals surface area contributed by atoms with E-state index in [-0.39, 0.29) is 0 Å². The van der Waals surface area contributed by atoms with Crippen molar-refractivity contribution in [2.45, 2.75) is 13.3 Å². The van der Waals surface area contributed by atoms with Gasteiger partial charge in [0.2, 0.25) is 5.13 Å². The van der Waals surface area contributed by atoms with Crippen molar-refractivity contribution in [3.8, 4) is 5.75 Å². The zero-order valence-electron chi connectivity index (χ0n) is 11.2. The number of hydrogen-bond donors (Lipinski definition) is 1. The monoisotopic (exact) mass is 353 g/mol. The molecule has 4 nitrogen and oxygen atoms in total. The topological polar surface area (TPSA) is 46.5 Å². The molecule has 2 rings (SSSR count). The summed E-state index contributed by atoms with van der Waals surface area (Å²) in [5, 5.41) is 7.90. The van der Waals surface area contributed by atoms with Gasteiger partial charge in [-0.3, -0.25) is 5.43 Å². The van der Waals surface area contributed by atoms with Crippen molar-refractivity contribution >= 4 is 38.6 Å². The van der Waals surface area contributed by atoms with Crippen LogP contribution in [0.5, 0.6) is 5.75 Å². The second-order valence-corrected chi connectivity index (χ2v) is 5.78. The van der Waals surface area contributed by atoms with Gasteiger partial charge in [0.25, 0.3) is 0 Å². The third-order valence-electron chi connectivity index (χ3n) is 2.40. The molecule has 106 valence electrons. The van der Waals surface area contributed by atoms with Gasteiger partial charge in [0.1, 0.15) is 5.75 Å². The Hall–Kier alpha value is -1.40. The Morgan fingerprint density at radius 2 is 2.40 bits per heavy atom. The molecule has 0 aliphatic carbocycles. The predicted octanol–water partition coefficient (Wildman–Crippen LogP) is 4.06. The molecule has 0 atom stereocenters. The fourth-order valence-electron chi connectivity index (χ4n) is 1.50. The van der Waals surface area contributed by atoms with Gasteiger partial charge in [-0.05, 0) is 31.0 Å². The number of hydrogen-bond acceptors (Lipinski definition) is 5. The van der Waals surface area contributed by atoms with E-state index in [9.17, 15) is 0 Å². The molecule has 0 aliphatic heterocycles. The third-order valence-corrected chi connectivity index (χ3v) is 3.82. The van der Waals surface area contributed by atoms with Gasteiger partial charge in [-0.15, -0.1) is 11.3 Å². The molecule has 1 aromatic heterocycles. The van der Waals surface area contributed by atoms with Gasteiger partial charge in [-0.25, -0.2) is 4.98 Å². The average molecular weight is 354 g/mol. The van der Waals surface area contributed by atoms with Crippen LogP contribution in [0.2, 0.25) is 0 Å². The van der Waals surface area contributed by atoms with Crippen LogP contribution >= 0.6 is 27.3 Å². The van der Waals surface area contributed by atoms with Gasteiger partial charge in [0.05, 0.1) is 18.5 Å². The van der Waals surface area contributed by atoms with Crippen molar-refractivity contribution in [2.75, 3.05) is 17.4 Å². The highest BCUT2D eigenvalue weighted by molar-refractivity contribution is 9.09. The van der Waals surface area contributed by atoms with E-state index >= 15 is 0 Å². The molecule has 0 spiro atoms. The van der Waals surface area contributed by atoms with Crippen molar-refractivity contribution in [1.82, 2.24) is 4.98 Å². The fourth-order valence-corrected chi connectivity index (χ4v) is 2.36. The minimum absolute atomic E-state index is 0.711. The molecule has 0 saturated heterocycles. The normalized spacial score (nSPS) is 10.9. The number of nitrogens with zero attached hydrogens (tertiary/aromatic N) is 2. The molecule has 0 fully saturated rings. The zero-order chi connectivity index (χ0) is 14.2. The fraction of sp³-hybridized carbons (Fsp3) is 0.286. The van der Waals surface area contributed by atoms with Crippen LogP contribution in [0.15, 0.2) is 34.7 Å². The molecule has 20 heavy (non-hydrogen) atoms. The summed E-state index contributed by atoms with van der Waals surface area (Å²) in [4.78, 5) is 4.27. The van der Waals surface area contributed by atoms with Gasteiger partial charge in [-0.1, -0.05) is 28.1 Å². The van der Waals surface area contributed by atoms with Gasteiger partial charge >= 0.3 is 0 Å². The first-order chi connectivity index (χ1) is 9.78. The van der Waals surface area contributed by atoms with Gasteiger partial charge in [-0.2, -0.15) is 5.10 Å². The Morgan fingerprint density at radius 1 is 1.50 bits per heavy atom. The standard InChI is InChI=1S/C14H16BrN3OS/c1-11-10-20-14(17-11)18-16-9-12-4-2-5-13(8-12)19-7-3-6-15/h2,4-5,8-10H,3,6-7H2,1H3,(H,17,18). The van der Waals surface area contributed by atoms with Crippen molar-refractivity contribution in [1.29, 1.82) is 0 Å². The summed E-state index contributed by atoms with van der Waals surface area (Å²) in [5.41, 5.74) is 4.90. The number of aryl methyl sites for hydroxylation is 1. The highest BCUT2D eigenvalue weighted by Gasteiger charge is 1.96. The SMILES string of the molecule is Cc1csc(NN=Cc2cccc(OCCCBr)c2)n1. The van der Waals surface area contributed by atoms with Gasteiger partial charge < -0.3 is 4.74 Å². The van der Waals surface area contributed by atoms with Crippen LogP contribution in [0, 0.1) is 6.92 Å². The van der Waals surface area contributed by atoms with Crippen LogP contribution in [-0.2, 0) is 0 Å². The van der Waals surface area contributed by atoms with E-state index in [1.54, 1.807) is 6.21 Å². The highest BCUT2D eigenvalue weighted by atomic mass is 79.9. The largest absolute Gasteiger partial charge is 0.494 e. The van der Waals surface area contributed by atoms with Gasteiger partial charge in [0, 0.05) is 10.7 Å². The number of hydrazone groups is 1. The van der Waals surface area contributed by atoms with Crippen molar-refractivity contribution in [2.24, 2.45) is 5.10 Å². The van der Waals surface area contributed by atoms with Crippen molar-refractivity contribution in [3.05, 3.63) is 40.9 Å². The number of halogens is 1. The molecule has 2 aromatic rings. The van der Waals surface area contributed by atoms with Crippen LogP contribution in [0.1, 0.15) is 17.7 Å². The summed E-state index contributed by atoms with van der Waals surface area (Å²) in [6.45, 7) is 2.67. The van der Waals surface area contributed by atoms with E-state index < -0.39 is 0 Å². The number of nitrogens with one attached hydrogen (secondary N) is 1. The number of anilines is 1. The lowest BCUT2D eigenvalue weighted by molar-refractivity contribution is 0.319. The molecule has 0 radical (unpaired) electrons. The first-order valence-electron chi connectivity index (χ1n) is 6.28. The summed E-state index contributed by atoms with van der Waals surface area (Å²) in [7, 11) is 0. The lowest BCUT2D eigenvalue weighted by Crippen LogP contribution is -1.98. The number of ether oxygens (including phenoxy) is 1. The lowest BCUT2D eigenvalue weighted by atomic mass is 10.2. The smallest absolute Gasteiger partial charge is 0.203 e. The van der Waals surface area contributed by atoms with Crippen LogP contribution < -0.4 is 10.2 Å². The number of thiazole rings is 1. The Labute approximate surface area is 131 Å². The maximum atomic E-state index is 5.63. The summed E-state index contributed by atoms with van der Waals surface area (Å²) in [5.74, 6) is 0.861. The molecule has 0 saturated carbocycles. The Balaban J connectivity index is 1.90. The first kappa shape index (κ1) is 15.0. The molecule has 1 N–H and O–H groups in total. The maximum absolute atomic E-state index is 5.63. The number of aromatic nitrogens is 1. The predicted molar refractivity (Wildman–Crippen MR) is 88.4 cm³/mol. The summed E-state index contributed by atoms with van der Waals surface area (Å²) >= 11 is 4.92. The maximum Gasteiger partial charge on any atom is 0.203 e. The summed E-state index contributed by atoms with van der Waals surface area (Å²) in [6, 6.07) is 7.85. The molecular formula is C14H16BrN3OS. The van der Waals surface area contributed by atoms with E-state index in [4.69, 9.17) is 4.74 Å². The van der Waals surface area contributed by atoms with Crippen molar-refractivity contribution < 1.29 is 4.74 Å². The van der Waals surface area contributed by atoms with Gasteiger partial charge in [0.15, 0.2) is 0 Å². The average Bonchev–Trinajstić information content (AvgIpc) is 2.85. The second-order valence-electron chi connectivity index (χ2n) is 4.13. The first-order valence-corrected chi connectivity index (χ1v) is 8.28. The molecule has 0 bridgehead atoms. The number of alkyl halides is 1. The van der Waals surface area contributed by atoms with Crippen LogP contribution in [0.3, 0.4) is 0 Å². The minimum atomic E-state index is 0.711. The van der Waals surface area contributed by atoms with E-state index in [0.29, 0.717) is 6.61 Å². The molecule has 6 heteroatoms.